The van der Waals surface area contributed by atoms with Crippen molar-refractivity contribution in [2.75, 3.05) is 11.9 Å². The zero-order chi connectivity index (χ0) is 21.5. The number of carboxylic acids is 1. The van der Waals surface area contributed by atoms with Crippen molar-refractivity contribution in [2.24, 2.45) is 0 Å². The molecule has 1 atom stereocenters. The van der Waals surface area contributed by atoms with Crippen LogP contribution in [0.1, 0.15) is 67.7 Å². The van der Waals surface area contributed by atoms with E-state index in [0.717, 1.165) is 73.8 Å². The van der Waals surface area contributed by atoms with Crippen molar-refractivity contribution in [3.8, 4) is 0 Å². The maximum absolute atomic E-state index is 11.8. The number of aryl methyl sites for hydroxylation is 2. The SMILES string of the molecule is O=C(O)[C@@H](CCCCCCCc1ccc2c(n1)NCCC2)c1cnc2ccccc2c1. The zero-order valence-electron chi connectivity index (χ0n) is 18.0. The molecule has 31 heavy (non-hydrogen) atoms. The molecule has 4 rings (SSSR count). The molecule has 0 saturated carbocycles. The molecule has 0 unspecified atom stereocenters. The lowest BCUT2D eigenvalue weighted by Crippen LogP contribution is -2.14. The number of benzene rings is 1. The van der Waals surface area contributed by atoms with Crippen LogP contribution in [0, 0.1) is 0 Å². The van der Waals surface area contributed by atoms with Gasteiger partial charge in [-0.3, -0.25) is 9.78 Å². The highest BCUT2D eigenvalue weighted by molar-refractivity contribution is 5.82. The third-order valence-corrected chi connectivity index (χ3v) is 6.19. The highest BCUT2D eigenvalue weighted by Crippen LogP contribution is 2.26. The summed E-state index contributed by atoms with van der Waals surface area (Å²) in [6.45, 7) is 1.02. The van der Waals surface area contributed by atoms with Gasteiger partial charge in [0.2, 0.25) is 0 Å². The van der Waals surface area contributed by atoms with Crippen LogP contribution in [0.4, 0.5) is 5.82 Å². The standard InChI is InChI=1S/C26H31N3O2/c30-26(31)23(21-17-20-9-6-7-13-24(20)28-18-21)12-5-3-1-2-4-11-22-15-14-19-10-8-16-27-25(19)29-22/h6-7,9,13-15,17-18,23H,1-5,8,10-12,16H2,(H,27,29)(H,30,31)/t23-/m0/s1. The molecule has 0 amide bonds. The summed E-state index contributed by atoms with van der Waals surface area (Å²) in [6, 6.07) is 14.2. The predicted octanol–water partition coefficient (Wildman–Crippen LogP) is 5.74. The van der Waals surface area contributed by atoms with E-state index in [1.165, 1.54) is 17.7 Å². The lowest BCUT2D eigenvalue weighted by atomic mass is 9.93. The molecule has 3 heterocycles. The number of carbonyl (C=O) groups is 1. The number of nitrogens with zero attached hydrogens (tertiary/aromatic N) is 2. The second-order valence-electron chi connectivity index (χ2n) is 8.50. The van der Waals surface area contributed by atoms with Gasteiger partial charge in [-0.15, -0.1) is 0 Å². The highest BCUT2D eigenvalue weighted by atomic mass is 16.4. The van der Waals surface area contributed by atoms with Crippen molar-refractivity contribution < 1.29 is 9.90 Å². The number of unbranched alkanes of at least 4 members (excludes halogenated alkanes) is 4. The second-order valence-corrected chi connectivity index (χ2v) is 8.50. The summed E-state index contributed by atoms with van der Waals surface area (Å²) in [6.07, 6.45) is 11.1. The largest absolute Gasteiger partial charge is 0.481 e. The number of aromatic nitrogens is 2. The van der Waals surface area contributed by atoms with Crippen LogP contribution >= 0.6 is 0 Å². The molecule has 0 fully saturated rings. The van der Waals surface area contributed by atoms with E-state index in [0.29, 0.717) is 6.42 Å². The summed E-state index contributed by atoms with van der Waals surface area (Å²) in [4.78, 5) is 21.0. The first kappa shape index (κ1) is 21.3. The average molecular weight is 418 g/mol. The molecule has 3 aromatic rings. The number of carboxylic acid groups (broad SMARTS) is 1. The van der Waals surface area contributed by atoms with Crippen LogP contribution in [0.25, 0.3) is 10.9 Å². The van der Waals surface area contributed by atoms with E-state index in [2.05, 4.69) is 22.4 Å². The third-order valence-electron chi connectivity index (χ3n) is 6.19. The van der Waals surface area contributed by atoms with Gasteiger partial charge in [-0.1, -0.05) is 49.9 Å². The van der Waals surface area contributed by atoms with Crippen LogP contribution in [0.3, 0.4) is 0 Å². The van der Waals surface area contributed by atoms with Gasteiger partial charge in [0.25, 0.3) is 0 Å². The molecular formula is C26H31N3O2. The van der Waals surface area contributed by atoms with Crippen molar-refractivity contribution in [1.29, 1.82) is 0 Å². The number of anilines is 1. The summed E-state index contributed by atoms with van der Waals surface area (Å²) in [5.41, 5.74) is 4.21. The first-order valence-corrected chi connectivity index (χ1v) is 11.5. The molecule has 1 aromatic carbocycles. The van der Waals surface area contributed by atoms with Gasteiger partial charge >= 0.3 is 5.97 Å². The van der Waals surface area contributed by atoms with Crippen LogP contribution < -0.4 is 5.32 Å². The quantitative estimate of drug-likeness (QED) is 0.412. The highest BCUT2D eigenvalue weighted by Gasteiger charge is 2.20. The fourth-order valence-electron chi connectivity index (χ4n) is 4.40. The molecule has 5 heteroatoms. The number of pyridine rings is 2. The first-order chi connectivity index (χ1) is 15.2. The summed E-state index contributed by atoms with van der Waals surface area (Å²) in [7, 11) is 0. The molecule has 2 aromatic heterocycles. The summed E-state index contributed by atoms with van der Waals surface area (Å²) in [5.74, 6) is -0.167. The van der Waals surface area contributed by atoms with Crippen molar-refractivity contribution >= 4 is 22.7 Å². The molecule has 0 bridgehead atoms. The van der Waals surface area contributed by atoms with Gasteiger partial charge in [0.15, 0.2) is 0 Å². The predicted molar refractivity (Wildman–Crippen MR) is 125 cm³/mol. The maximum atomic E-state index is 11.8. The third kappa shape index (κ3) is 5.60. The molecule has 0 saturated heterocycles. The molecule has 0 spiro atoms. The van der Waals surface area contributed by atoms with E-state index in [-0.39, 0.29) is 0 Å². The van der Waals surface area contributed by atoms with E-state index in [1.807, 2.05) is 30.3 Å². The number of aliphatic carboxylic acids is 1. The smallest absolute Gasteiger partial charge is 0.311 e. The lowest BCUT2D eigenvalue weighted by molar-refractivity contribution is -0.139. The molecule has 0 radical (unpaired) electrons. The zero-order valence-corrected chi connectivity index (χ0v) is 18.0. The van der Waals surface area contributed by atoms with Crippen LogP contribution in [-0.4, -0.2) is 27.6 Å². The fourth-order valence-corrected chi connectivity index (χ4v) is 4.40. The van der Waals surface area contributed by atoms with Gasteiger partial charge in [0.1, 0.15) is 5.82 Å². The molecule has 2 N–H and O–H groups in total. The first-order valence-electron chi connectivity index (χ1n) is 11.5. The van der Waals surface area contributed by atoms with E-state index in [4.69, 9.17) is 4.98 Å². The number of rotatable bonds is 10. The number of nitrogens with one attached hydrogen (secondary N) is 1. The summed E-state index contributed by atoms with van der Waals surface area (Å²) in [5, 5.41) is 14.1. The maximum Gasteiger partial charge on any atom is 0.311 e. The van der Waals surface area contributed by atoms with Crippen molar-refractivity contribution in [3.05, 3.63) is 65.5 Å². The minimum Gasteiger partial charge on any atom is -0.481 e. The Kier molecular flexibility index (Phi) is 7.13. The van der Waals surface area contributed by atoms with E-state index in [9.17, 15) is 9.90 Å². The normalized spacial score (nSPS) is 14.1. The Bertz CT molecular complexity index is 1030. The second kappa shape index (κ2) is 10.4. The molecule has 1 aliphatic heterocycles. The van der Waals surface area contributed by atoms with Gasteiger partial charge < -0.3 is 10.4 Å². The fraction of sp³-hybridized carbons (Fsp3) is 0.423. The number of hydrogen-bond donors (Lipinski definition) is 2. The number of hydrogen-bond acceptors (Lipinski definition) is 4. The minimum atomic E-state index is -0.760. The van der Waals surface area contributed by atoms with Crippen molar-refractivity contribution in [3.63, 3.8) is 0 Å². The van der Waals surface area contributed by atoms with Crippen LogP contribution in [-0.2, 0) is 17.6 Å². The topological polar surface area (TPSA) is 75.1 Å². The lowest BCUT2D eigenvalue weighted by Gasteiger charge is -2.17. The van der Waals surface area contributed by atoms with Crippen molar-refractivity contribution in [1.82, 2.24) is 9.97 Å². The van der Waals surface area contributed by atoms with E-state index >= 15 is 0 Å². The molecular weight excluding hydrogens is 386 g/mol. The van der Waals surface area contributed by atoms with Crippen LogP contribution in [0.5, 0.6) is 0 Å². The Morgan fingerprint density at radius 3 is 2.81 bits per heavy atom. The van der Waals surface area contributed by atoms with Gasteiger partial charge in [0, 0.05) is 23.8 Å². The summed E-state index contributed by atoms with van der Waals surface area (Å²) >= 11 is 0. The Morgan fingerprint density at radius 1 is 1.06 bits per heavy atom. The van der Waals surface area contributed by atoms with E-state index < -0.39 is 11.9 Å². The Morgan fingerprint density at radius 2 is 1.90 bits per heavy atom. The van der Waals surface area contributed by atoms with Crippen LogP contribution in [0.2, 0.25) is 0 Å². The molecule has 5 nitrogen and oxygen atoms in total. The Balaban J connectivity index is 1.19. The van der Waals surface area contributed by atoms with Crippen LogP contribution in [0.15, 0.2) is 48.7 Å². The Labute approximate surface area is 183 Å². The average Bonchev–Trinajstić information content (AvgIpc) is 2.80. The Hall–Kier alpha value is -2.95. The summed E-state index contributed by atoms with van der Waals surface area (Å²) < 4.78 is 0. The molecule has 0 aliphatic carbocycles. The molecule has 1 aliphatic rings. The van der Waals surface area contributed by atoms with Gasteiger partial charge in [0.05, 0.1) is 11.4 Å². The number of fused-ring (bicyclic) bond motifs is 2. The molecule has 162 valence electrons. The van der Waals surface area contributed by atoms with Gasteiger partial charge in [-0.2, -0.15) is 0 Å². The van der Waals surface area contributed by atoms with Gasteiger partial charge in [-0.25, -0.2) is 4.98 Å². The van der Waals surface area contributed by atoms with E-state index in [1.54, 1.807) is 6.20 Å². The number of para-hydroxylation sites is 1. The van der Waals surface area contributed by atoms with Crippen molar-refractivity contribution in [2.45, 2.75) is 63.7 Å². The monoisotopic (exact) mass is 417 g/mol. The van der Waals surface area contributed by atoms with Gasteiger partial charge in [-0.05, 0) is 61.4 Å². The minimum absolute atomic E-state index is 0.482.